The monoisotopic (exact) mass is 525 g/mol. The molecular formula is C21H43N5O10. The van der Waals surface area contributed by atoms with E-state index in [2.05, 4.69) is 0 Å². The zero-order valence-electron chi connectivity index (χ0n) is 20.4. The summed E-state index contributed by atoms with van der Waals surface area (Å²) >= 11 is 0. The third-order valence-electron chi connectivity index (χ3n) is 7.06. The van der Waals surface area contributed by atoms with Crippen molar-refractivity contribution in [2.75, 3.05) is 19.7 Å². The van der Waals surface area contributed by atoms with Crippen molar-refractivity contribution in [3.8, 4) is 0 Å². The van der Waals surface area contributed by atoms with Crippen molar-refractivity contribution in [3.63, 3.8) is 0 Å². The highest BCUT2D eigenvalue weighted by molar-refractivity contribution is 5.01. The molecule has 0 aromatic carbocycles. The summed E-state index contributed by atoms with van der Waals surface area (Å²) in [7, 11) is 0. The van der Waals surface area contributed by atoms with Crippen LogP contribution in [0.3, 0.4) is 0 Å². The SMILES string of the molecule is C[C@H]1O[C@H](O[C@@H]2[C@@H](O)[C@H](O[C@H]3O[C@H](CN)[C@@H](O)[C@H](O)[C@H]3N)[C@@H](N)C[C@H]2N)[C@H](O)[C@@H](O)[C@@H]1OCCCN. The number of nitrogens with two attached hydrogens (primary N) is 5. The third-order valence-corrected chi connectivity index (χ3v) is 7.06. The average molecular weight is 526 g/mol. The molecule has 0 radical (unpaired) electrons. The molecule has 3 aliphatic rings. The van der Waals surface area contributed by atoms with E-state index in [1.54, 1.807) is 6.92 Å². The zero-order valence-corrected chi connectivity index (χ0v) is 20.4. The lowest BCUT2D eigenvalue weighted by molar-refractivity contribution is -0.330. The van der Waals surface area contributed by atoms with Gasteiger partial charge < -0.3 is 77.9 Å². The quantitative estimate of drug-likeness (QED) is 0.125. The first-order valence-corrected chi connectivity index (χ1v) is 12.3. The molecule has 2 heterocycles. The van der Waals surface area contributed by atoms with Gasteiger partial charge in [-0.25, -0.2) is 0 Å². The summed E-state index contributed by atoms with van der Waals surface area (Å²) in [4.78, 5) is 0. The van der Waals surface area contributed by atoms with Crippen LogP contribution in [0.5, 0.6) is 0 Å². The molecule has 0 unspecified atom stereocenters. The van der Waals surface area contributed by atoms with Crippen molar-refractivity contribution in [2.24, 2.45) is 28.7 Å². The molecule has 15 N–H and O–H groups in total. The Labute approximate surface area is 209 Å². The van der Waals surface area contributed by atoms with Crippen LogP contribution in [0, 0.1) is 0 Å². The first-order valence-electron chi connectivity index (χ1n) is 12.3. The van der Waals surface area contributed by atoms with Crippen LogP contribution in [0.25, 0.3) is 0 Å². The van der Waals surface area contributed by atoms with Crippen molar-refractivity contribution in [1.82, 2.24) is 0 Å². The molecule has 36 heavy (non-hydrogen) atoms. The largest absolute Gasteiger partial charge is 0.388 e. The molecule has 1 saturated carbocycles. The Balaban J connectivity index is 1.67. The van der Waals surface area contributed by atoms with Gasteiger partial charge in [-0.3, -0.25) is 0 Å². The van der Waals surface area contributed by atoms with Gasteiger partial charge in [-0.2, -0.15) is 0 Å². The van der Waals surface area contributed by atoms with Crippen LogP contribution in [0.1, 0.15) is 19.8 Å². The molecule has 0 aromatic rings. The first kappa shape index (κ1) is 29.9. The van der Waals surface area contributed by atoms with E-state index in [0.29, 0.717) is 13.0 Å². The fourth-order valence-corrected chi connectivity index (χ4v) is 4.87. The summed E-state index contributed by atoms with van der Waals surface area (Å²) in [6.07, 6.45) is -13.3. The second-order valence-corrected chi connectivity index (χ2v) is 9.76. The molecule has 15 nitrogen and oxygen atoms in total. The lowest BCUT2D eigenvalue weighted by atomic mass is 9.84. The molecule has 0 amide bonds. The van der Waals surface area contributed by atoms with Gasteiger partial charge in [0.05, 0.1) is 12.1 Å². The van der Waals surface area contributed by atoms with E-state index < -0.39 is 91.7 Å². The van der Waals surface area contributed by atoms with Gasteiger partial charge in [-0.05, 0) is 26.3 Å². The predicted octanol–water partition coefficient (Wildman–Crippen LogP) is -5.89. The van der Waals surface area contributed by atoms with Gasteiger partial charge in [0.15, 0.2) is 12.6 Å². The number of ether oxygens (including phenoxy) is 5. The normalized spacial score (nSPS) is 50.2. The molecule has 3 rings (SSSR count). The van der Waals surface area contributed by atoms with E-state index in [4.69, 9.17) is 52.4 Å². The van der Waals surface area contributed by atoms with E-state index in [9.17, 15) is 25.5 Å². The number of aliphatic hydroxyl groups excluding tert-OH is 5. The van der Waals surface area contributed by atoms with Crippen LogP contribution >= 0.6 is 0 Å². The van der Waals surface area contributed by atoms with Crippen LogP contribution in [0.2, 0.25) is 0 Å². The van der Waals surface area contributed by atoms with Crippen LogP contribution in [-0.4, -0.2) is 137 Å². The van der Waals surface area contributed by atoms with Gasteiger partial charge in [0.25, 0.3) is 0 Å². The second-order valence-electron chi connectivity index (χ2n) is 9.76. The lowest BCUT2D eigenvalue weighted by Crippen LogP contribution is -2.68. The topological polar surface area (TPSA) is 277 Å². The minimum absolute atomic E-state index is 0.102. The average Bonchev–Trinajstić information content (AvgIpc) is 2.84. The van der Waals surface area contributed by atoms with Gasteiger partial charge in [-0.15, -0.1) is 0 Å². The lowest BCUT2D eigenvalue weighted by Gasteiger charge is -2.48. The Kier molecular flexibility index (Phi) is 10.8. The standard InChI is InChI=1S/C21H43N5O10/c1-7-17(32-4-2-3-22)14(29)15(30)21(33-7)36-19-9(25)5-8(24)18(16(19)31)35-20-11(26)13(28)12(27)10(6-23)34-20/h7-21,27-31H,2-6,22-26H2,1H3/t7-,8+,9-,10-,11-,12-,13-,14-,15-,16+,17-,18-,19+,20-,21-/m1/s1. The molecule has 1 aliphatic carbocycles. The van der Waals surface area contributed by atoms with Gasteiger partial charge in [-0.1, -0.05) is 0 Å². The third kappa shape index (κ3) is 6.33. The molecule has 0 bridgehead atoms. The maximum absolute atomic E-state index is 11.1. The molecule has 3 fully saturated rings. The molecule has 0 spiro atoms. The second kappa shape index (κ2) is 13.0. The fraction of sp³-hybridized carbons (Fsp3) is 1.00. The van der Waals surface area contributed by atoms with Crippen molar-refractivity contribution < 1.29 is 49.2 Å². The predicted molar refractivity (Wildman–Crippen MR) is 124 cm³/mol. The van der Waals surface area contributed by atoms with Crippen LogP contribution in [-0.2, 0) is 23.7 Å². The van der Waals surface area contributed by atoms with Gasteiger partial charge >= 0.3 is 0 Å². The van der Waals surface area contributed by atoms with Crippen LogP contribution in [0.15, 0.2) is 0 Å². The van der Waals surface area contributed by atoms with Crippen LogP contribution < -0.4 is 28.7 Å². The summed E-state index contributed by atoms with van der Waals surface area (Å²) in [6.45, 7) is 2.26. The van der Waals surface area contributed by atoms with Gasteiger partial charge in [0, 0.05) is 25.2 Å². The smallest absolute Gasteiger partial charge is 0.187 e. The summed E-state index contributed by atoms with van der Waals surface area (Å²) in [5.41, 5.74) is 29.4. The van der Waals surface area contributed by atoms with Crippen molar-refractivity contribution in [1.29, 1.82) is 0 Å². The van der Waals surface area contributed by atoms with Gasteiger partial charge in [0.2, 0.25) is 0 Å². The summed E-state index contributed by atoms with van der Waals surface area (Å²) < 4.78 is 28.7. The molecule has 2 saturated heterocycles. The Morgan fingerprint density at radius 3 is 1.94 bits per heavy atom. The molecular weight excluding hydrogens is 482 g/mol. The zero-order chi connectivity index (χ0) is 26.7. The Hall–Kier alpha value is -0.600. The van der Waals surface area contributed by atoms with E-state index in [0.717, 1.165) is 0 Å². The highest BCUT2D eigenvalue weighted by Gasteiger charge is 2.51. The Morgan fingerprint density at radius 1 is 0.750 bits per heavy atom. The molecule has 0 aromatic heterocycles. The van der Waals surface area contributed by atoms with E-state index in [-0.39, 0.29) is 19.6 Å². The minimum Gasteiger partial charge on any atom is -0.388 e. The van der Waals surface area contributed by atoms with Crippen molar-refractivity contribution in [2.45, 2.75) is 112 Å². The van der Waals surface area contributed by atoms with Crippen molar-refractivity contribution in [3.05, 3.63) is 0 Å². The summed E-state index contributed by atoms with van der Waals surface area (Å²) in [6, 6.07) is -2.66. The van der Waals surface area contributed by atoms with Gasteiger partial charge in [0.1, 0.15) is 54.9 Å². The first-order chi connectivity index (χ1) is 17.0. The number of rotatable bonds is 9. The van der Waals surface area contributed by atoms with Crippen LogP contribution in [0.4, 0.5) is 0 Å². The highest BCUT2D eigenvalue weighted by Crippen LogP contribution is 2.31. The summed E-state index contributed by atoms with van der Waals surface area (Å²) in [5.74, 6) is 0. The summed E-state index contributed by atoms with van der Waals surface area (Å²) in [5, 5.41) is 52.6. The Morgan fingerprint density at radius 2 is 1.36 bits per heavy atom. The van der Waals surface area contributed by atoms with E-state index >= 15 is 0 Å². The fourth-order valence-electron chi connectivity index (χ4n) is 4.87. The maximum atomic E-state index is 11.1. The highest BCUT2D eigenvalue weighted by atomic mass is 16.7. The number of hydrogen-bond donors (Lipinski definition) is 10. The number of aliphatic hydroxyl groups is 5. The van der Waals surface area contributed by atoms with E-state index in [1.807, 2.05) is 0 Å². The molecule has 2 aliphatic heterocycles. The molecule has 15 atom stereocenters. The minimum atomic E-state index is -1.49. The Bertz CT molecular complexity index is 683. The van der Waals surface area contributed by atoms with Crippen molar-refractivity contribution >= 4 is 0 Å². The molecule has 15 heteroatoms. The maximum Gasteiger partial charge on any atom is 0.187 e. The molecule has 212 valence electrons. The number of hydrogen-bond acceptors (Lipinski definition) is 15. The van der Waals surface area contributed by atoms with E-state index in [1.165, 1.54) is 0 Å².